The Balaban J connectivity index is 1.99. The first-order valence-electron chi connectivity index (χ1n) is 6.78. The van der Waals surface area contributed by atoms with Gasteiger partial charge in [0.05, 0.1) is 21.1 Å². The lowest BCUT2D eigenvalue weighted by Crippen LogP contribution is -2.27. The Morgan fingerprint density at radius 1 is 1.21 bits per heavy atom. The molecule has 0 bridgehead atoms. The van der Waals surface area contributed by atoms with Crippen molar-refractivity contribution in [2.75, 3.05) is 4.90 Å². The Hall–Kier alpha value is -2.71. The molecular weight excluding hydrogens is 348 g/mol. The molecule has 1 saturated heterocycles. The van der Waals surface area contributed by atoms with Gasteiger partial charge in [0.2, 0.25) is 0 Å². The van der Waals surface area contributed by atoms with Gasteiger partial charge in [0.1, 0.15) is 5.75 Å². The number of thioether (sulfide) groups is 1. The maximum atomic E-state index is 12.6. The van der Waals surface area contributed by atoms with Gasteiger partial charge in [-0.2, -0.15) is 0 Å². The molecule has 24 heavy (non-hydrogen) atoms. The Morgan fingerprint density at radius 2 is 1.96 bits per heavy atom. The summed E-state index contributed by atoms with van der Waals surface area (Å²) in [6.07, 6.45) is 1.46. The second-order valence-electron chi connectivity index (χ2n) is 4.85. The van der Waals surface area contributed by atoms with Crippen molar-refractivity contribution in [1.82, 2.24) is 0 Å². The molecule has 1 aliphatic heterocycles. The van der Waals surface area contributed by atoms with Crippen LogP contribution in [0.1, 0.15) is 5.56 Å². The monoisotopic (exact) mass is 358 g/mol. The van der Waals surface area contributed by atoms with Crippen LogP contribution in [0.15, 0.2) is 53.4 Å². The van der Waals surface area contributed by atoms with Crippen LogP contribution >= 0.6 is 24.0 Å². The van der Waals surface area contributed by atoms with Gasteiger partial charge in [-0.25, -0.2) is 0 Å². The third-order valence-electron chi connectivity index (χ3n) is 3.30. The van der Waals surface area contributed by atoms with Crippen LogP contribution in [0.2, 0.25) is 0 Å². The van der Waals surface area contributed by atoms with Gasteiger partial charge in [-0.1, -0.05) is 42.2 Å². The van der Waals surface area contributed by atoms with Crippen LogP contribution in [0.25, 0.3) is 6.08 Å². The number of benzene rings is 2. The molecule has 3 rings (SSSR count). The first kappa shape index (κ1) is 16.2. The Bertz CT molecular complexity index is 895. The second kappa shape index (κ2) is 6.42. The van der Waals surface area contributed by atoms with Crippen molar-refractivity contribution in [2.45, 2.75) is 0 Å². The number of nitro groups is 1. The van der Waals surface area contributed by atoms with E-state index in [9.17, 15) is 20.0 Å². The van der Waals surface area contributed by atoms with E-state index in [1.54, 1.807) is 30.3 Å². The molecule has 8 heteroatoms. The van der Waals surface area contributed by atoms with E-state index in [4.69, 9.17) is 12.2 Å². The number of hydrogen-bond acceptors (Lipinski definition) is 6. The van der Waals surface area contributed by atoms with Crippen LogP contribution in [0, 0.1) is 10.1 Å². The van der Waals surface area contributed by atoms with Gasteiger partial charge in [0.25, 0.3) is 11.6 Å². The van der Waals surface area contributed by atoms with E-state index in [0.717, 1.165) is 11.8 Å². The largest absolute Gasteiger partial charge is 0.508 e. The number of thiocarbonyl (C=S) groups is 1. The molecular formula is C16H10N2O4S2. The molecule has 0 spiro atoms. The molecule has 2 aromatic rings. The SMILES string of the molecule is O=C1/C(=C\c2ccccc2[N+](=O)[O-])SC(=S)N1c1cccc(O)c1. The molecule has 0 saturated carbocycles. The van der Waals surface area contributed by atoms with Crippen molar-refractivity contribution in [1.29, 1.82) is 0 Å². The first-order chi connectivity index (χ1) is 11.5. The molecule has 0 aliphatic carbocycles. The van der Waals surface area contributed by atoms with Crippen LogP contribution in [0.3, 0.4) is 0 Å². The topological polar surface area (TPSA) is 83.7 Å². The third-order valence-corrected chi connectivity index (χ3v) is 4.60. The number of carbonyl (C=O) groups excluding carboxylic acids is 1. The molecule has 1 heterocycles. The molecule has 0 atom stereocenters. The number of aromatic hydroxyl groups is 1. The number of nitrogens with zero attached hydrogens (tertiary/aromatic N) is 2. The minimum Gasteiger partial charge on any atom is -0.508 e. The maximum Gasteiger partial charge on any atom is 0.276 e. The van der Waals surface area contributed by atoms with Crippen LogP contribution in [-0.2, 0) is 4.79 Å². The van der Waals surface area contributed by atoms with Crippen molar-refractivity contribution < 1.29 is 14.8 Å². The summed E-state index contributed by atoms with van der Waals surface area (Å²) < 4.78 is 0.301. The summed E-state index contributed by atoms with van der Waals surface area (Å²) in [6, 6.07) is 12.3. The molecule has 1 amide bonds. The normalized spacial score (nSPS) is 16.0. The summed E-state index contributed by atoms with van der Waals surface area (Å²) in [6.45, 7) is 0. The molecule has 1 aliphatic rings. The molecule has 2 aromatic carbocycles. The molecule has 0 radical (unpaired) electrons. The fraction of sp³-hybridized carbons (Fsp3) is 0. The molecule has 1 N–H and O–H groups in total. The predicted molar refractivity (Wildman–Crippen MR) is 96.9 cm³/mol. The fourth-order valence-corrected chi connectivity index (χ4v) is 3.53. The lowest BCUT2D eigenvalue weighted by molar-refractivity contribution is -0.385. The minimum absolute atomic E-state index is 0.0178. The van der Waals surface area contributed by atoms with E-state index in [0.29, 0.717) is 15.6 Å². The van der Waals surface area contributed by atoms with Crippen LogP contribution in [-0.4, -0.2) is 20.3 Å². The molecule has 0 aromatic heterocycles. The molecule has 1 fully saturated rings. The molecule has 6 nitrogen and oxygen atoms in total. The third kappa shape index (κ3) is 3.01. The van der Waals surface area contributed by atoms with E-state index >= 15 is 0 Å². The summed E-state index contributed by atoms with van der Waals surface area (Å²) >= 11 is 6.29. The number of para-hydroxylation sites is 1. The van der Waals surface area contributed by atoms with Crippen molar-refractivity contribution in [3.05, 3.63) is 69.1 Å². The highest BCUT2D eigenvalue weighted by Gasteiger charge is 2.33. The van der Waals surface area contributed by atoms with E-state index in [-0.39, 0.29) is 22.2 Å². The molecule has 0 unspecified atom stereocenters. The highest BCUT2D eigenvalue weighted by molar-refractivity contribution is 8.27. The van der Waals surface area contributed by atoms with Gasteiger partial charge >= 0.3 is 0 Å². The standard InChI is InChI=1S/C16H10N2O4S2/c19-12-6-3-5-11(9-12)17-15(20)14(24-16(17)23)8-10-4-1-2-7-13(10)18(21)22/h1-9,19H/b14-8+. The van der Waals surface area contributed by atoms with Gasteiger partial charge in [0.15, 0.2) is 4.32 Å². The number of rotatable bonds is 3. The highest BCUT2D eigenvalue weighted by Crippen LogP contribution is 2.37. The van der Waals surface area contributed by atoms with E-state index < -0.39 is 4.92 Å². The van der Waals surface area contributed by atoms with Gasteiger partial charge < -0.3 is 5.11 Å². The fourth-order valence-electron chi connectivity index (χ4n) is 2.24. The van der Waals surface area contributed by atoms with Crippen molar-refractivity contribution >= 4 is 51.7 Å². The summed E-state index contributed by atoms with van der Waals surface area (Å²) in [5.41, 5.74) is 0.697. The zero-order valence-electron chi connectivity index (χ0n) is 12.1. The number of amides is 1. The number of hydrogen-bond donors (Lipinski definition) is 1. The highest BCUT2D eigenvalue weighted by atomic mass is 32.2. The average molecular weight is 358 g/mol. The number of anilines is 1. The Labute approximate surface area is 146 Å². The quantitative estimate of drug-likeness (QED) is 0.390. The van der Waals surface area contributed by atoms with E-state index in [1.165, 1.54) is 29.2 Å². The average Bonchev–Trinajstić information content (AvgIpc) is 2.81. The Kier molecular flexibility index (Phi) is 4.32. The van der Waals surface area contributed by atoms with Crippen molar-refractivity contribution in [2.24, 2.45) is 0 Å². The number of nitro benzene ring substituents is 1. The zero-order valence-corrected chi connectivity index (χ0v) is 13.7. The van der Waals surface area contributed by atoms with Gasteiger partial charge in [-0.15, -0.1) is 0 Å². The summed E-state index contributed by atoms with van der Waals surface area (Å²) in [5, 5.41) is 20.7. The van der Waals surface area contributed by atoms with E-state index in [2.05, 4.69) is 0 Å². The van der Waals surface area contributed by atoms with Crippen LogP contribution in [0.4, 0.5) is 11.4 Å². The maximum absolute atomic E-state index is 12.6. The van der Waals surface area contributed by atoms with Gasteiger partial charge in [0, 0.05) is 12.1 Å². The van der Waals surface area contributed by atoms with Gasteiger partial charge in [-0.05, 0) is 24.3 Å². The summed E-state index contributed by atoms with van der Waals surface area (Å²) in [7, 11) is 0. The van der Waals surface area contributed by atoms with Crippen LogP contribution < -0.4 is 4.90 Å². The number of phenolic OH excluding ortho intramolecular Hbond substituents is 1. The predicted octanol–water partition coefficient (Wildman–Crippen LogP) is 3.71. The second-order valence-corrected chi connectivity index (χ2v) is 6.53. The lowest BCUT2D eigenvalue weighted by atomic mass is 10.1. The summed E-state index contributed by atoms with van der Waals surface area (Å²) in [5.74, 6) is -0.363. The first-order valence-corrected chi connectivity index (χ1v) is 8.00. The van der Waals surface area contributed by atoms with E-state index in [1.807, 2.05) is 0 Å². The summed E-state index contributed by atoms with van der Waals surface area (Å²) in [4.78, 5) is 24.8. The minimum atomic E-state index is -0.498. The smallest absolute Gasteiger partial charge is 0.276 e. The van der Waals surface area contributed by atoms with Crippen LogP contribution in [0.5, 0.6) is 5.75 Å². The molecule has 120 valence electrons. The lowest BCUT2D eigenvalue weighted by Gasteiger charge is -2.14. The van der Waals surface area contributed by atoms with Crippen molar-refractivity contribution in [3.63, 3.8) is 0 Å². The van der Waals surface area contributed by atoms with Gasteiger partial charge in [-0.3, -0.25) is 19.8 Å². The number of phenols is 1. The number of carbonyl (C=O) groups is 1. The van der Waals surface area contributed by atoms with Crippen molar-refractivity contribution in [3.8, 4) is 5.75 Å². The zero-order chi connectivity index (χ0) is 17.3. The Morgan fingerprint density at radius 3 is 2.67 bits per heavy atom.